The van der Waals surface area contributed by atoms with Crippen molar-refractivity contribution >= 4 is 27.7 Å². The van der Waals surface area contributed by atoms with E-state index >= 15 is 0 Å². The molecule has 1 aliphatic carbocycles. The van der Waals surface area contributed by atoms with E-state index in [0.29, 0.717) is 0 Å². The molecule has 0 unspecified atom stereocenters. The van der Waals surface area contributed by atoms with Crippen molar-refractivity contribution in [2.75, 3.05) is 0 Å². The fourth-order valence-corrected chi connectivity index (χ4v) is 3.86. The molecule has 0 N–H and O–H groups in total. The molecule has 1 aliphatic heterocycles. The Balaban J connectivity index is 1.85. The molecular weight excluding hydrogens is 276 g/mol. The van der Waals surface area contributed by atoms with Crippen molar-refractivity contribution in [3.05, 3.63) is 59.7 Å². The number of benzene rings is 3. The molecule has 3 aromatic carbocycles. The van der Waals surface area contributed by atoms with E-state index in [2.05, 4.69) is 48.5 Å². The van der Waals surface area contributed by atoms with E-state index in [1.165, 1.54) is 27.1 Å². The van der Waals surface area contributed by atoms with Crippen molar-refractivity contribution in [2.45, 2.75) is 25.0 Å². The second-order valence-corrected chi connectivity index (χ2v) is 6.00. The summed E-state index contributed by atoms with van der Waals surface area (Å²) in [6, 6.07) is 17.0. The van der Waals surface area contributed by atoms with Crippen molar-refractivity contribution in [3.8, 4) is 0 Å². The topological polar surface area (TPSA) is 35.5 Å². The quantitative estimate of drug-likeness (QED) is 0.451. The average molecular weight is 290 g/mol. The van der Waals surface area contributed by atoms with Gasteiger partial charge in [-0.3, -0.25) is 0 Å². The highest BCUT2D eigenvalue weighted by Gasteiger charge is 2.42. The fourth-order valence-electron chi connectivity index (χ4n) is 3.86. The number of rotatable bonds is 0. The normalized spacial score (nSPS) is 23.0. The monoisotopic (exact) mass is 290 g/mol. The Morgan fingerprint density at radius 3 is 2.68 bits per heavy atom. The molecule has 0 spiro atoms. The van der Waals surface area contributed by atoms with Crippen LogP contribution in [-0.2, 0) is 15.9 Å². The lowest BCUT2D eigenvalue weighted by Crippen LogP contribution is -2.22. The Morgan fingerprint density at radius 2 is 1.73 bits per heavy atom. The van der Waals surface area contributed by atoms with Gasteiger partial charge in [0.1, 0.15) is 6.10 Å². The van der Waals surface area contributed by atoms with Gasteiger partial charge in [-0.2, -0.15) is 0 Å². The molecule has 1 fully saturated rings. The molecule has 2 aliphatic rings. The predicted octanol–water partition coefficient (Wildman–Crippen LogP) is 4.52. The second kappa shape index (κ2) is 4.23. The molecule has 0 amide bonds. The average Bonchev–Trinajstić information content (AvgIpc) is 2.94. The summed E-state index contributed by atoms with van der Waals surface area (Å²) in [6.45, 7) is 0. The van der Waals surface area contributed by atoms with Crippen molar-refractivity contribution < 1.29 is 14.3 Å². The third-order valence-corrected chi connectivity index (χ3v) is 4.85. The van der Waals surface area contributed by atoms with Crippen LogP contribution >= 0.6 is 0 Å². The van der Waals surface area contributed by atoms with Crippen LogP contribution in [0.3, 0.4) is 0 Å². The first-order valence-corrected chi connectivity index (χ1v) is 7.62. The van der Waals surface area contributed by atoms with Crippen molar-refractivity contribution in [2.24, 2.45) is 0 Å². The van der Waals surface area contributed by atoms with Crippen molar-refractivity contribution in [1.82, 2.24) is 0 Å². The van der Waals surface area contributed by atoms with Gasteiger partial charge >= 0.3 is 6.16 Å². The molecule has 22 heavy (non-hydrogen) atoms. The van der Waals surface area contributed by atoms with Crippen LogP contribution in [0.4, 0.5) is 4.79 Å². The second-order valence-electron chi connectivity index (χ2n) is 6.00. The molecule has 0 aromatic heterocycles. The lowest BCUT2D eigenvalue weighted by Gasteiger charge is -2.26. The van der Waals surface area contributed by atoms with Crippen LogP contribution in [0.5, 0.6) is 0 Å². The Hall–Kier alpha value is -2.55. The summed E-state index contributed by atoms with van der Waals surface area (Å²) in [5.74, 6) is 0. The molecule has 1 saturated heterocycles. The summed E-state index contributed by atoms with van der Waals surface area (Å²) in [7, 11) is 0. The van der Waals surface area contributed by atoms with E-state index in [1.54, 1.807) is 0 Å². The van der Waals surface area contributed by atoms with E-state index in [-0.39, 0.29) is 12.2 Å². The van der Waals surface area contributed by atoms with Crippen LogP contribution in [0.1, 0.15) is 23.7 Å². The highest BCUT2D eigenvalue weighted by Crippen LogP contribution is 2.43. The van der Waals surface area contributed by atoms with Crippen LogP contribution < -0.4 is 0 Å². The molecule has 0 saturated carbocycles. The largest absolute Gasteiger partial charge is 0.509 e. The van der Waals surface area contributed by atoms with Gasteiger partial charge in [0.05, 0.1) is 0 Å². The SMILES string of the molecule is O=C1O[C@H]2CCc3ccc4c(ccc5ccccc54)c3[C@H]2O1. The zero-order valence-electron chi connectivity index (χ0n) is 11.9. The van der Waals surface area contributed by atoms with Gasteiger partial charge in [0, 0.05) is 5.56 Å². The molecule has 3 heteroatoms. The lowest BCUT2D eigenvalue weighted by molar-refractivity contribution is 0.116. The van der Waals surface area contributed by atoms with E-state index in [9.17, 15) is 4.79 Å². The molecule has 0 radical (unpaired) electrons. The van der Waals surface area contributed by atoms with Crippen LogP contribution in [0, 0.1) is 0 Å². The first kappa shape index (κ1) is 12.0. The zero-order valence-corrected chi connectivity index (χ0v) is 11.9. The minimum Gasteiger partial charge on any atom is -0.427 e. The number of hydrogen-bond acceptors (Lipinski definition) is 3. The van der Waals surface area contributed by atoms with Gasteiger partial charge in [0.15, 0.2) is 6.10 Å². The van der Waals surface area contributed by atoms with E-state index < -0.39 is 6.16 Å². The summed E-state index contributed by atoms with van der Waals surface area (Å²) in [5.41, 5.74) is 2.40. The Kier molecular flexibility index (Phi) is 2.31. The van der Waals surface area contributed by atoms with Gasteiger partial charge in [0.25, 0.3) is 0 Å². The van der Waals surface area contributed by atoms with E-state index in [0.717, 1.165) is 18.4 Å². The van der Waals surface area contributed by atoms with Crippen LogP contribution in [0.15, 0.2) is 48.5 Å². The minimum absolute atomic E-state index is 0.142. The Labute approximate surface area is 127 Å². The molecule has 2 atom stereocenters. The summed E-state index contributed by atoms with van der Waals surface area (Å²) in [5, 5.41) is 4.83. The number of carbonyl (C=O) groups is 1. The molecule has 3 aromatic rings. The standard InChI is InChI=1S/C19H14O3/c20-19-21-16-10-7-12-6-8-14-13-4-2-1-3-11(13)5-9-15(14)17(12)18(16)22-19/h1-6,8-9,16,18H,7,10H2/t16-,18-/m0/s1. The maximum atomic E-state index is 11.5. The van der Waals surface area contributed by atoms with Gasteiger partial charge in [-0.1, -0.05) is 48.5 Å². The first-order valence-electron chi connectivity index (χ1n) is 7.62. The molecule has 0 bridgehead atoms. The van der Waals surface area contributed by atoms with Crippen molar-refractivity contribution in [3.63, 3.8) is 0 Å². The smallest absolute Gasteiger partial charge is 0.427 e. The first-order chi connectivity index (χ1) is 10.8. The van der Waals surface area contributed by atoms with Gasteiger partial charge in [-0.05, 0) is 39.9 Å². The number of hydrogen-bond donors (Lipinski definition) is 0. The van der Waals surface area contributed by atoms with Gasteiger partial charge in [0.2, 0.25) is 0 Å². The van der Waals surface area contributed by atoms with Crippen LogP contribution in [-0.4, -0.2) is 12.3 Å². The number of aryl methyl sites for hydroxylation is 1. The van der Waals surface area contributed by atoms with Gasteiger partial charge < -0.3 is 9.47 Å². The predicted molar refractivity (Wildman–Crippen MR) is 83.9 cm³/mol. The summed E-state index contributed by atoms with van der Waals surface area (Å²) in [6.07, 6.45) is 0.817. The summed E-state index contributed by atoms with van der Waals surface area (Å²) >= 11 is 0. The maximum Gasteiger partial charge on any atom is 0.509 e. The summed E-state index contributed by atoms with van der Waals surface area (Å²) in [4.78, 5) is 11.5. The molecule has 3 nitrogen and oxygen atoms in total. The van der Waals surface area contributed by atoms with Gasteiger partial charge in [-0.25, -0.2) is 4.79 Å². The highest BCUT2D eigenvalue weighted by atomic mass is 16.8. The molecule has 5 rings (SSSR count). The molecule has 1 heterocycles. The highest BCUT2D eigenvalue weighted by molar-refractivity contribution is 6.09. The minimum atomic E-state index is -0.541. The third-order valence-electron chi connectivity index (χ3n) is 4.85. The number of fused-ring (bicyclic) bond motifs is 7. The zero-order chi connectivity index (χ0) is 14.7. The van der Waals surface area contributed by atoms with Crippen LogP contribution in [0.2, 0.25) is 0 Å². The van der Waals surface area contributed by atoms with Crippen molar-refractivity contribution in [1.29, 1.82) is 0 Å². The van der Waals surface area contributed by atoms with Gasteiger partial charge in [-0.15, -0.1) is 0 Å². The number of carbonyl (C=O) groups excluding carboxylic acids is 1. The Bertz CT molecular complexity index is 929. The van der Waals surface area contributed by atoms with Crippen LogP contribution in [0.25, 0.3) is 21.5 Å². The summed E-state index contributed by atoms with van der Waals surface area (Å²) < 4.78 is 10.7. The maximum absolute atomic E-state index is 11.5. The molecular formula is C19H14O3. The fraction of sp³-hybridized carbons (Fsp3) is 0.211. The molecule has 108 valence electrons. The lowest BCUT2D eigenvalue weighted by atomic mass is 9.83. The van der Waals surface area contributed by atoms with E-state index in [4.69, 9.17) is 9.47 Å². The van der Waals surface area contributed by atoms with E-state index in [1.807, 2.05) is 0 Å². The number of ether oxygens (including phenoxy) is 2. The third kappa shape index (κ3) is 1.54. The Morgan fingerprint density at radius 1 is 0.864 bits per heavy atom.